The molecule has 0 saturated heterocycles. The van der Waals surface area contributed by atoms with Gasteiger partial charge < -0.3 is 15.8 Å². The van der Waals surface area contributed by atoms with Crippen molar-refractivity contribution in [3.8, 4) is 5.75 Å². The molecule has 8 nitrogen and oxygen atoms in total. The number of hydrogen-bond acceptors (Lipinski definition) is 5. The lowest BCUT2D eigenvalue weighted by Gasteiger charge is -2.16. The van der Waals surface area contributed by atoms with E-state index in [9.17, 15) is 19.2 Å². The van der Waals surface area contributed by atoms with Gasteiger partial charge in [0.2, 0.25) is 5.91 Å². The minimum absolute atomic E-state index is 0.0178. The predicted octanol–water partition coefficient (Wildman–Crippen LogP) is 2.84. The number of hydrogen-bond donors (Lipinski definition) is 2. The van der Waals surface area contributed by atoms with E-state index in [4.69, 9.17) is 10.5 Å². The summed E-state index contributed by atoms with van der Waals surface area (Å²) < 4.78 is 5.30. The smallest absolute Gasteiger partial charge is 0.261 e. The second kappa shape index (κ2) is 8.35. The number of amides is 4. The summed E-state index contributed by atoms with van der Waals surface area (Å²) in [6.07, 6.45) is 0. The van der Waals surface area contributed by atoms with Gasteiger partial charge in [-0.2, -0.15) is 0 Å². The number of carbonyl (C=O) groups excluding carboxylic acids is 4. The van der Waals surface area contributed by atoms with Crippen LogP contribution in [-0.2, 0) is 6.54 Å². The molecule has 4 amide bonds. The Labute approximate surface area is 183 Å². The highest BCUT2D eigenvalue weighted by Gasteiger charge is 2.35. The molecule has 0 saturated carbocycles. The summed E-state index contributed by atoms with van der Waals surface area (Å²) in [4.78, 5) is 50.5. The minimum atomic E-state index is -0.564. The van der Waals surface area contributed by atoms with Crippen LogP contribution in [0.3, 0.4) is 0 Å². The van der Waals surface area contributed by atoms with Gasteiger partial charge in [0.15, 0.2) is 0 Å². The summed E-state index contributed by atoms with van der Waals surface area (Å²) in [6.45, 7) is 0.0178. The second-order valence-electron chi connectivity index (χ2n) is 7.17. The summed E-state index contributed by atoms with van der Waals surface area (Å²) in [6, 6.07) is 17.7. The predicted molar refractivity (Wildman–Crippen MR) is 117 cm³/mol. The molecule has 3 aromatic carbocycles. The molecule has 160 valence electrons. The number of methoxy groups -OCH3 is 1. The standard InChI is InChI=1S/C24H19N3O5/c1-32-20-11-6-14(13-27-23(30)17-4-2-3-5-18(17)24(27)31)12-19(20)22(29)26-16-9-7-15(8-10-16)21(25)28/h2-12H,13H2,1H3,(H2,25,28)(H,26,29). The molecule has 32 heavy (non-hydrogen) atoms. The molecule has 0 aliphatic carbocycles. The van der Waals surface area contributed by atoms with Gasteiger partial charge in [0.1, 0.15) is 5.75 Å². The van der Waals surface area contributed by atoms with E-state index < -0.39 is 11.8 Å². The first-order valence-electron chi connectivity index (χ1n) is 9.72. The molecule has 0 spiro atoms. The van der Waals surface area contributed by atoms with Crippen LogP contribution in [0, 0.1) is 0 Å². The zero-order chi connectivity index (χ0) is 22.8. The Morgan fingerprint density at radius 2 is 1.56 bits per heavy atom. The Hall–Kier alpha value is -4.46. The lowest BCUT2D eigenvalue weighted by atomic mass is 10.1. The number of nitrogens with two attached hydrogens (primary N) is 1. The molecular formula is C24H19N3O5. The summed E-state index contributed by atoms with van der Waals surface area (Å²) in [5, 5.41) is 2.73. The van der Waals surface area contributed by atoms with Crippen LogP contribution in [0.4, 0.5) is 5.69 Å². The van der Waals surface area contributed by atoms with Crippen molar-refractivity contribution >= 4 is 29.3 Å². The monoisotopic (exact) mass is 429 g/mol. The lowest BCUT2D eigenvalue weighted by Crippen LogP contribution is -2.29. The maximum atomic E-state index is 12.9. The van der Waals surface area contributed by atoms with Crippen LogP contribution in [0.5, 0.6) is 5.75 Å². The number of nitrogens with zero attached hydrogens (tertiary/aromatic N) is 1. The molecule has 0 fully saturated rings. The minimum Gasteiger partial charge on any atom is -0.496 e. The molecular weight excluding hydrogens is 410 g/mol. The second-order valence-corrected chi connectivity index (χ2v) is 7.17. The van der Waals surface area contributed by atoms with Crippen molar-refractivity contribution in [1.29, 1.82) is 0 Å². The van der Waals surface area contributed by atoms with Gasteiger partial charge in [-0.25, -0.2) is 0 Å². The van der Waals surface area contributed by atoms with Gasteiger partial charge in [0, 0.05) is 11.3 Å². The van der Waals surface area contributed by atoms with Gasteiger partial charge >= 0.3 is 0 Å². The fourth-order valence-corrected chi connectivity index (χ4v) is 3.51. The van der Waals surface area contributed by atoms with Crippen molar-refractivity contribution in [3.63, 3.8) is 0 Å². The van der Waals surface area contributed by atoms with Crippen molar-refractivity contribution in [3.05, 3.63) is 94.5 Å². The van der Waals surface area contributed by atoms with Crippen LogP contribution in [0.15, 0.2) is 66.7 Å². The summed E-state index contributed by atoms with van der Waals surface area (Å²) >= 11 is 0. The summed E-state index contributed by atoms with van der Waals surface area (Å²) in [5.74, 6) is -1.42. The number of benzene rings is 3. The van der Waals surface area contributed by atoms with E-state index in [1.54, 1.807) is 54.6 Å². The molecule has 1 aliphatic heterocycles. The van der Waals surface area contributed by atoms with Gasteiger partial charge in [-0.1, -0.05) is 18.2 Å². The molecule has 3 N–H and O–H groups in total. The first-order valence-corrected chi connectivity index (χ1v) is 9.72. The average Bonchev–Trinajstić information content (AvgIpc) is 3.04. The van der Waals surface area contributed by atoms with Crippen LogP contribution in [0.2, 0.25) is 0 Å². The highest BCUT2D eigenvalue weighted by molar-refractivity contribution is 6.21. The fourth-order valence-electron chi connectivity index (χ4n) is 3.51. The molecule has 0 atom stereocenters. The number of anilines is 1. The molecule has 1 aliphatic rings. The van der Waals surface area contributed by atoms with Gasteiger partial charge in [-0.3, -0.25) is 24.1 Å². The van der Waals surface area contributed by atoms with Crippen molar-refractivity contribution in [2.24, 2.45) is 5.73 Å². The van der Waals surface area contributed by atoms with Crippen molar-refractivity contribution in [1.82, 2.24) is 4.90 Å². The molecule has 0 aromatic heterocycles. The number of primary amides is 1. The molecule has 8 heteroatoms. The van der Waals surface area contributed by atoms with E-state index in [2.05, 4.69) is 5.32 Å². The van der Waals surface area contributed by atoms with Crippen LogP contribution in [0.25, 0.3) is 0 Å². The Kier molecular flexibility index (Phi) is 5.43. The number of ether oxygens (including phenoxy) is 1. The highest BCUT2D eigenvalue weighted by Crippen LogP contribution is 2.27. The van der Waals surface area contributed by atoms with E-state index in [-0.39, 0.29) is 23.9 Å². The van der Waals surface area contributed by atoms with E-state index in [0.717, 1.165) is 4.90 Å². The highest BCUT2D eigenvalue weighted by atomic mass is 16.5. The third-order valence-corrected chi connectivity index (χ3v) is 5.15. The zero-order valence-electron chi connectivity index (χ0n) is 17.1. The molecule has 4 rings (SSSR count). The van der Waals surface area contributed by atoms with Gasteiger partial charge in [-0.15, -0.1) is 0 Å². The number of rotatable bonds is 6. The molecule has 0 bridgehead atoms. The van der Waals surface area contributed by atoms with Crippen molar-refractivity contribution in [2.45, 2.75) is 6.54 Å². The number of carbonyl (C=O) groups is 4. The van der Waals surface area contributed by atoms with Gasteiger partial charge in [0.05, 0.1) is 30.3 Å². The normalized spacial score (nSPS) is 12.5. The maximum absolute atomic E-state index is 12.9. The Morgan fingerprint density at radius 3 is 2.12 bits per heavy atom. The molecule has 3 aromatic rings. The summed E-state index contributed by atoms with van der Waals surface area (Å²) in [5.41, 5.74) is 7.58. The molecule has 0 unspecified atom stereocenters. The first-order chi connectivity index (χ1) is 15.4. The van der Waals surface area contributed by atoms with Crippen molar-refractivity contribution < 1.29 is 23.9 Å². The van der Waals surface area contributed by atoms with Gasteiger partial charge in [-0.05, 0) is 54.1 Å². The van der Waals surface area contributed by atoms with Crippen LogP contribution < -0.4 is 15.8 Å². The third kappa shape index (κ3) is 3.81. The largest absolute Gasteiger partial charge is 0.496 e. The van der Waals surface area contributed by atoms with Gasteiger partial charge in [0.25, 0.3) is 17.7 Å². The van der Waals surface area contributed by atoms with Crippen LogP contribution in [0.1, 0.15) is 47.0 Å². The Balaban J connectivity index is 1.56. The SMILES string of the molecule is COc1ccc(CN2C(=O)c3ccccc3C2=O)cc1C(=O)Nc1ccc(C(N)=O)cc1. The quantitative estimate of drug-likeness (QED) is 0.584. The summed E-state index contributed by atoms with van der Waals surface area (Å²) in [7, 11) is 1.44. The first kappa shape index (κ1) is 20.8. The molecule has 1 heterocycles. The zero-order valence-corrected chi connectivity index (χ0v) is 17.1. The third-order valence-electron chi connectivity index (χ3n) is 5.15. The van der Waals surface area contributed by atoms with Crippen molar-refractivity contribution in [2.75, 3.05) is 12.4 Å². The van der Waals surface area contributed by atoms with Crippen LogP contribution >= 0.6 is 0 Å². The topological polar surface area (TPSA) is 119 Å². The average molecular weight is 429 g/mol. The fraction of sp³-hybridized carbons (Fsp3) is 0.0833. The Bertz CT molecular complexity index is 1220. The van der Waals surface area contributed by atoms with E-state index in [0.29, 0.717) is 33.7 Å². The number of nitrogens with one attached hydrogen (secondary N) is 1. The molecule has 0 radical (unpaired) electrons. The van der Waals surface area contributed by atoms with Crippen LogP contribution in [-0.4, -0.2) is 35.6 Å². The lowest BCUT2D eigenvalue weighted by molar-refractivity contribution is 0.0642. The number of fused-ring (bicyclic) bond motifs is 1. The number of imide groups is 1. The van der Waals surface area contributed by atoms with E-state index in [1.807, 2.05) is 0 Å². The van der Waals surface area contributed by atoms with E-state index in [1.165, 1.54) is 19.2 Å². The van der Waals surface area contributed by atoms with E-state index >= 15 is 0 Å². The maximum Gasteiger partial charge on any atom is 0.261 e. The Morgan fingerprint density at radius 1 is 0.938 bits per heavy atom.